The molecule has 1 amide bonds. The van der Waals surface area contributed by atoms with Crippen LogP contribution in [0.4, 0.5) is 0 Å². The number of hydrogen-bond donors (Lipinski definition) is 1. The summed E-state index contributed by atoms with van der Waals surface area (Å²) in [6, 6.07) is 7.62. The fourth-order valence-electron chi connectivity index (χ4n) is 1.58. The van der Waals surface area contributed by atoms with E-state index in [0.29, 0.717) is 11.4 Å². The maximum Gasteiger partial charge on any atom is 0.263 e. The fraction of sp³-hybridized carbons (Fsp3) is 0.231. The highest BCUT2D eigenvalue weighted by atomic mass is 127. The third-order valence-electron chi connectivity index (χ3n) is 2.59. The van der Waals surface area contributed by atoms with E-state index in [1.165, 1.54) is 11.3 Å². The Kier molecular flexibility index (Phi) is 4.76. The molecule has 1 N–H and O–H groups in total. The molecule has 0 saturated carbocycles. The van der Waals surface area contributed by atoms with E-state index in [9.17, 15) is 4.79 Å². The predicted molar refractivity (Wildman–Crippen MR) is 83.7 cm³/mol. The van der Waals surface area contributed by atoms with Crippen LogP contribution in [0.2, 0.25) is 0 Å². The van der Waals surface area contributed by atoms with Crippen molar-refractivity contribution >= 4 is 39.8 Å². The third-order valence-corrected chi connectivity index (χ3v) is 4.44. The first-order chi connectivity index (χ1) is 9.10. The van der Waals surface area contributed by atoms with Crippen LogP contribution in [0.1, 0.15) is 20.9 Å². The number of benzene rings is 1. The molecule has 0 aliphatic rings. The van der Waals surface area contributed by atoms with E-state index < -0.39 is 0 Å². The van der Waals surface area contributed by atoms with Gasteiger partial charge in [0, 0.05) is 6.54 Å². The summed E-state index contributed by atoms with van der Waals surface area (Å²) in [6.45, 7) is 2.34. The molecule has 1 heterocycles. The van der Waals surface area contributed by atoms with Crippen molar-refractivity contribution in [2.45, 2.75) is 13.5 Å². The van der Waals surface area contributed by atoms with Crippen molar-refractivity contribution in [3.05, 3.63) is 43.4 Å². The van der Waals surface area contributed by atoms with E-state index in [2.05, 4.69) is 32.9 Å². The quantitative estimate of drug-likeness (QED) is 0.820. The minimum atomic E-state index is -0.0752. The molecule has 0 fully saturated rings. The second-order valence-corrected chi connectivity index (χ2v) is 6.66. The van der Waals surface area contributed by atoms with Gasteiger partial charge in [-0.2, -0.15) is 0 Å². The number of ether oxygens (including phenoxy) is 1. The number of hydrogen-bond acceptors (Lipinski definition) is 4. The first-order valence-corrected chi connectivity index (χ1v) is 7.53. The summed E-state index contributed by atoms with van der Waals surface area (Å²) in [5.74, 6) is 0.733. The summed E-state index contributed by atoms with van der Waals surface area (Å²) in [5, 5.41) is 2.89. The molecular weight excluding hydrogens is 375 g/mol. The summed E-state index contributed by atoms with van der Waals surface area (Å²) >= 11 is 3.53. The Morgan fingerprint density at radius 3 is 2.63 bits per heavy atom. The number of methoxy groups -OCH3 is 1. The van der Waals surface area contributed by atoms with Gasteiger partial charge in [0.2, 0.25) is 0 Å². The molecule has 0 atom stereocenters. The minimum absolute atomic E-state index is 0.0752. The number of nitrogens with one attached hydrogen (secondary N) is 1. The number of aryl methyl sites for hydroxylation is 1. The molecule has 0 aliphatic heterocycles. The SMILES string of the molecule is COc1ccc(CNC(=O)c2sc(I)nc2C)cc1. The number of aromatic nitrogens is 1. The number of halogens is 1. The zero-order chi connectivity index (χ0) is 13.8. The first kappa shape index (κ1) is 14.3. The number of rotatable bonds is 4. The van der Waals surface area contributed by atoms with Crippen molar-refractivity contribution in [2.24, 2.45) is 0 Å². The Labute approximate surface area is 129 Å². The van der Waals surface area contributed by atoms with Crippen LogP contribution in [0.15, 0.2) is 24.3 Å². The molecule has 0 unspecified atom stereocenters. The predicted octanol–water partition coefficient (Wildman–Crippen LogP) is 2.99. The number of nitrogens with zero attached hydrogens (tertiary/aromatic N) is 1. The number of thiazole rings is 1. The van der Waals surface area contributed by atoms with Crippen LogP contribution in [-0.4, -0.2) is 18.0 Å². The van der Waals surface area contributed by atoms with Crippen molar-refractivity contribution < 1.29 is 9.53 Å². The molecule has 0 spiro atoms. The van der Waals surface area contributed by atoms with Crippen LogP contribution in [-0.2, 0) is 6.54 Å². The summed E-state index contributed by atoms with van der Waals surface area (Å²) in [5.41, 5.74) is 1.81. The van der Waals surface area contributed by atoms with Crippen LogP contribution in [0, 0.1) is 9.94 Å². The lowest BCUT2D eigenvalue weighted by Crippen LogP contribution is -2.22. The van der Waals surface area contributed by atoms with Crippen LogP contribution < -0.4 is 10.1 Å². The molecule has 100 valence electrons. The van der Waals surface area contributed by atoms with Gasteiger partial charge in [0.05, 0.1) is 12.8 Å². The molecule has 0 radical (unpaired) electrons. The van der Waals surface area contributed by atoms with E-state index in [4.69, 9.17) is 4.74 Å². The summed E-state index contributed by atoms with van der Waals surface area (Å²) in [7, 11) is 1.63. The number of carbonyl (C=O) groups is 1. The Bertz CT molecular complexity index is 581. The second kappa shape index (κ2) is 6.33. The first-order valence-electron chi connectivity index (χ1n) is 5.64. The minimum Gasteiger partial charge on any atom is -0.497 e. The highest BCUT2D eigenvalue weighted by Gasteiger charge is 2.13. The normalized spacial score (nSPS) is 10.3. The monoisotopic (exact) mass is 388 g/mol. The van der Waals surface area contributed by atoms with Gasteiger partial charge >= 0.3 is 0 Å². The molecule has 19 heavy (non-hydrogen) atoms. The Morgan fingerprint density at radius 2 is 2.11 bits per heavy atom. The number of carbonyl (C=O) groups excluding carboxylic acids is 1. The second-order valence-electron chi connectivity index (χ2n) is 3.91. The lowest BCUT2D eigenvalue weighted by molar-refractivity contribution is 0.0954. The van der Waals surface area contributed by atoms with Crippen LogP contribution in [0.25, 0.3) is 0 Å². The van der Waals surface area contributed by atoms with Gasteiger partial charge < -0.3 is 10.1 Å². The average Bonchev–Trinajstić information content (AvgIpc) is 2.75. The van der Waals surface area contributed by atoms with Crippen molar-refractivity contribution in [2.75, 3.05) is 7.11 Å². The summed E-state index contributed by atoms with van der Waals surface area (Å²) < 4.78 is 5.97. The van der Waals surface area contributed by atoms with Gasteiger partial charge in [-0.3, -0.25) is 4.79 Å². The van der Waals surface area contributed by atoms with Crippen molar-refractivity contribution in [1.29, 1.82) is 0 Å². The maximum atomic E-state index is 12.0. The van der Waals surface area contributed by atoms with Gasteiger partial charge in [-0.25, -0.2) is 4.98 Å². The average molecular weight is 388 g/mol. The van der Waals surface area contributed by atoms with Crippen molar-refractivity contribution in [1.82, 2.24) is 10.3 Å². The smallest absolute Gasteiger partial charge is 0.263 e. The maximum absolute atomic E-state index is 12.0. The molecule has 2 rings (SSSR count). The Hall–Kier alpha value is -1.15. The molecule has 1 aromatic heterocycles. The van der Waals surface area contributed by atoms with Crippen LogP contribution >= 0.6 is 33.9 Å². The molecule has 0 aliphatic carbocycles. The van der Waals surface area contributed by atoms with E-state index in [0.717, 1.165) is 20.0 Å². The lowest BCUT2D eigenvalue weighted by atomic mass is 10.2. The summed E-state index contributed by atoms with van der Waals surface area (Å²) in [6.07, 6.45) is 0. The molecule has 2 aromatic rings. The molecule has 4 nitrogen and oxygen atoms in total. The largest absolute Gasteiger partial charge is 0.497 e. The van der Waals surface area contributed by atoms with E-state index in [1.807, 2.05) is 31.2 Å². The van der Waals surface area contributed by atoms with Crippen LogP contribution in [0.5, 0.6) is 5.75 Å². The molecule has 1 aromatic carbocycles. The van der Waals surface area contributed by atoms with Gasteiger partial charge in [0.1, 0.15) is 10.6 Å². The molecule has 6 heteroatoms. The standard InChI is InChI=1S/C13H13IN2O2S/c1-8-11(19-13(14)16-8)12(17)15-7-9-3-5-10(18-2)6-4-9/h3-6H,7H2,1-2H3,(H,15,17). The molecule has 0 bridgehead atoms. The Balaban J connectivity index is 1.98. The molecular formula is C13H13IN2O2S. The topological polar surface area (TPSA) is 51.2 Å². The number of amides is 1. The molecule has 0 saturated heterocycles. The third kappa shape index (κ3) is 3.66. The van der Waals surface area contributed by atoms with Gasteiger partial charge in [0.25, 0.3) is 5.91 Å². The highest BCUT2D eigenvalue weighted by molar-refractivity contribution is 14.1. The van der Waals surface area contributed by atoms with Crippen LogP contribution in [0.3, 0.4) is 0 Å². The van der Waals surface area contributed by atoms with E-state index >= 15 is 0 Å². The van der Waals surface area contributed by atoms with Gasteiger partial charge in [0.15, 0.2) is 3.01 Å². The summed E-state index contributed by atoms with van der Waals surface area (Å²) in [4.78, 5) is 16.9. The lowest BCUT2D eigenvalue weighted by Gasteiger charge is -2.05. The van der Waals surface area contributed by atoms with E-state index in [1.54, 1.807) is 7.11 Å². The zero-order valence-electron chi connectivity index (χ0n) is 10.6. The van der Waals surface area contributed by atoms with Gasteiger partial charge in [-0.1, -0.05) is 12.1 Å². The highest BCUT2D eigenvalue weighted by Crippen LogP contribution is 2.19. The van der Waals surface area contributed by atoms with Gasteiger partial charge in [-0.05, 0) is 47.2 Å². The fourth-order valence-corrected chi connectivity index (χ4v) is 3.31. The van der Waals surface area contributed by atoms with Crippen molar-refractivity contribution in [3.8, 4) is 5.75 Å². The van der Waals surface area contributed by atoms with Crippen molar-refractivity contribution in [3.63, 3.8) is 0 Å². The zero-order valence-corrected chi connectivity index (χ0v) is 13.5. The van der Waals surface area contributed by atoms with E-state index in [-0.39, 0.29) is 5.91 Å². The van der Waals surface area contributed by atoms with Gasteiger partial charge in [-0.15, -0.1) is 11.3 Å². The Morgan fingerprint density at radius 1 is 1.42 bits per heavy atom.